The van der Waals surface area contributed by atoms with E-state index in [-0.39, 0.29) is 49.6 Å². The van der Waals surface area contributed by atoms with Gasteiger partial charge in [-0.15, -0.1) is 0 Å². The van der Waals surface area contributed by atoms with E-state index in [0.29, 0.717) is 50.3 Å². The van der Waals surface area contributed by atoms with E-state index in [1.54, 1.807) is 48.5 Å². The first-order chi connectivity index (χ1) is 63.4. The number of hydrogen-bond donors (Lipinski definition) is 1. The molecule has 612 valence electrons. The summed E-state index contributed by atoms with van der Waals surface area (Å²) in [4.78, 5) is 14.5. The van der Waals surface area contributed by atoms with Crippen LogP contribution in [0.1, 0.15) is 27.0 Å². The minimum absolute atomic E-state index is 0.0524. The summed E-state index contributed by atoms with van der Waals surface area (Å²) in [6, 6.07) is 122. The van der Waals surface area contributed by atoms with Crippen molar-refractivity contribution < 1.29 is 48.8 Å². The molecule has 0 saturated carbocycles. The summed E-state index contributed by atoms with van der Waals surface area (Å²) in [6.07, 6.45) is 0.349. The first-order valence-electron chi connectivity index (χ1n) is 41.2. The summed E-state index contributed by atoms with van der Waals surface area (Å²) >= 11 is 0. The molecule has 0 radical (unpaired) electrons. The number of aldehydes is 1. The SMILES string of the molecule is N#Cc1c(-n2c3ccccc3c3ccccc32)cc(-n2c3ccccc3c3ccccc32)c2c1oc1c(-c3ccccc3)cccc12.N#Cc1c(F)cc(F)c2c1oc1c(-c3ccccc3)cccc12.N#Cc1c(F)cc(F)c2c1oc1c(-c3ccccc3)cccc12.O=Cc1c(F)cc(F)c2c1oc1c(-c3ccccc3)cccc12.c1ccc2c(c1)[nH]c1ccccc12. The van der Waals surface area contributed by atoms with Crippen LogP contribution in [0.2, 0.25) is 0 Å². The second kappa shape index (κ2) is 32.5. The van der Waals surface area contributed by atoms with E-state index in [4.69, 9.17) is 28.2 Å². The van der Waals surface area contributed by atoms with Crippen LogP contribution in [0.3, 0.4) is 0 Å². The highest BCUT2D eigenvalue weighted by Crippen LogP contribution is 2.48. The molecule has 0 saturated heterocycles. The predicted octanol–water partition coefficient (Wildman–Crippen LogP) is 30.8. The smallest absolute Gasteiger partial charge is 0.159 e. The summed E-state index contributed by atoms with van der Waals surface area (Å²) in [5.74, 6) is -4.98. The predicted molar refractivity (Wildman–Crippen MR) is 500 cm³/mol. The standard InChI is InChI=1S/C43H25N3O.2C19H9F2NO.C19H10F2O2.C12H9N/c44-26-34-39(45-35-21-8-4-15-29(35)30-16-5-9-22-36(30)45)25-40(46-37-23-10-6-17-31(37)32-18-7-11-24-38(32)46)41-33-20-12-19-28(42(33)47-43(34)41)27-13-2-1-3-14-27;3*20-15-9-16(21)17-13-8-4-7-12(11-5-2-1-3-6-11)18(13)23-19(17)14(15)10-22;1-3-7-11-9(5-1)10-6-2-4-8-12(10)13-11/h1-25H;2*1-9H;1-10H;1-8,13H. The number of H-pyrrole nitrogens is 1. The van der Waals surface area contributed by atoms with Crippen LogP contribution in [0.25, 0.3) is 209 Å². The van der Waals surface area contributed by atoms with Gasteiger partial charge in [-0.25, -0.2) is 26.3 Å². The number of rotatable bonds is 7. The number of nitrogens with one attached hydrogen (secondary N) is 1. The van der Waals surface area contributed by atoms with Gasteiger partial charge in [-0.05, 0) is 64.7 Å². The normalized spacial score (nSPS) is 11.3. The van der Waals surface area contributed by atoms with Crippen LogP contribution in [0, 0.1) is 68.9 Å². The van der Waals surface area contributed by atoms with Gasteiger partial charge in [0.25, 0.3) is 0 Å². The van der Waals surface area contributed by atoms with Crippen molar-refractivity contribution in [2.24, 2.45) is 0 Å². The Morgan fingerprint density at radius 2 is 0.519 bits per heavy atom. The van der Waals surface area contributed by atoms with E-state index in [1.807, 2.05) is 127 Å². The molecule has 17 heteroatoms. The molecule has 7 aromatic heterocycles. The van der Waals surface area contributed by atoms with E-state index in [0.717, 1.165) is 123 Å². The van der Waals surface area contributed by atoms with Crippen LogP contribution in [0.15, 0.2) is 382 Å². The maximum Gasteiger partial charge on any atom is 0.159 e. The monoisotopic (exact) mass is 1680 g/mol. The molecule has 0 aliphatic carbocycles. The molecule has 0 amide bonds. The first-order valence-corrected chi connectivity index (χ1v) is 41.2. The number of para-hydroxylation sites is 10. The van der Waals surface area contributed by atoms with E-state index in [2.05, 4.69) is 202 Å². The third-order valence-corrected chi connectivity index (χ3v) is 23.6. The van der Waals surface area contributed by atoms with Crippen LogP contribution in [-0.2, 0) is 0 Å². The van der Waals surface area contributed by atoms with Gasteiger partial charge in [0.05, 0.1) is 60.5 Å². The number of carbonyl (C=O) groups is 1. The molecule has 25 rings (SSSR count). The number of aromatic amines is 1. The Bertz CT molecular complexity index is 8640. The van der Waals surface area contributed by atoms with Crippen molar-refractivity contribution in [1.29, 1.82) is 15.8 Å². The molecular weight excluding hydrogens is 1620 g/mol. The molecule has 0 aliphatic rings. The Hall–Kier alpha value is -17.7. The van der Waals surface area contributed by atoms with E-state index in [9.17, 15) is 36.4 Å². The van der Waals surface area contributed by atoms with Gasteiger partial charge < -0.3 is 31.8 Å². The molecule has 129 heavy (non-hydrogen) atoms. The zero-order valence-corrected chi connectivity index (χ0v) is 67.8. The van der Waals surface area contributed by atoms with Gasteiger partial charge in [0, 0.05) is 105 Å². The van der Waals surface area contributed by atoms with Crippen LogP contribution in [0.5, 0.6) is 0 Å². The largest absolute Gasteiger partial charge is 0.454 e. The number of nitrogens with zero attached hydrogens (tertiary/aromatic N) is 5. The Labute approximate surface area is 729 Å². The highest BCUT2D eigenvalue weighted by molar-refractivity contribution is 6.20. The minimum Gasteiger partial charge on any atom is -0.454 e. The minimum atomic E-state index is -0.926. The van der Waals surface area contributed by atoms with Gasteiger partial charge in [-0.3, -0.25) is 4.79 Å². The van der Waals surface area contributed by atoms with Crippen LogP contribution in [0.4, 0.5) is 26.3 Å². The lowest BCUT2D eigenvalue weighted by atomic mass is 10.0. The number of carbonyl (C=O) groups excluding carboxylic acids is 1. The maximum atomic E-state index is 14.3. The van der Waals surface area contributed by atoms with Crippen LogP contribution >= 0.6 is 0 Å². The van der Waals surface area contributed by atoms with Gasteiger partial charge in [0.1, 0.15) is 92.1 Å². The van der Waals surface area contributed by atoms with Crippen molar-refractivity contribution in [2.45, 2.75) is 0 Å². The van der Waals surface area contributed by atoms with Crippen molar-refractivity contribution in [3.8, 4) is 74.1 Å². The lowest BCUT2D eigenvalue weighted by molar-refractivity contribution is 0.112. The second-order valence-corrected chi connectivity index (χ2v) is 30.8. The summed E-state index contributed by atoms with van der Waals surface area (Å²) in [6.45, 7) is 0. The number of halogens is 6. The number of fused-ring (bicyclic) bond motifs is 21. The molecule has 18 aromatic carbocycles. The van der Waals surface area contributed by atoms with Crippen molar-refractivity contribution in [3.05, 3.63) is 421 Å². The van der Waals surface area contributed by atoms with Crippen LogP contribution in [-0.4, -0.2) is 20.4 Å². The Balaban J connectivity index is 0.000000105. The van der Waals surface area contributed by atoms with Gasteiger partial charge in [0.2, 0.25) is 0 Å². The molecule has 11 nitrogen and oxygen atoms in total. The third kappa shape index (κ3) is 13.3. The fourth-order valence-electron chi connectivity index (χ4n) is 18.0. The molecule has 0 bridgehead atoms. The van der Waals surface area contributed by atoms with Gasteiger partial charge >= 0.3 is 0 Å². The summed E-state index contributed by atoms with van der Waals surface area (Å²) in [7, 11) is 0. The number of furan rings is 4. The molecule has 0 unspecified atom stereocenters. The second-order valence-electron chi connectivity index (χ2n) is 30.8. The molecule has 1 N–H and O–H groups in total. The fourth-order valence-corrected chi connectivity index (χ4v) is 18.0. The van der Waals surface area contributed by atoms with E-state index in [1.165, 1.54) is 32.6 Å². The van der Waals surface area contributed by atoms with Crippen molar-refractivity contribution in [3.63, 3.8) is 0 Å². The van der Waals surface area contributed by atoms with Crippen molar-refractivity contribution in [1.82, 2.24) is 14.1 Å². The lowest BCUT2D eigenvalue weighted by Gasteiger charge is -2.16. The Morgan fingerprint density at radius 1 is 0.248 bits per heavy atom. The summed E-state index contributed by atoms with van der Waals surface area (Å²) < 4.78 is 113. The van der Waals surface area contributed by atoms with E-state index >= 15 is 0 Å². The Morgan fingerprint density at radius 3 is 0.860 bits per heavy atom. The van der Waals surface area contributed by atoms with Gasteiger partial charge in [-0.2, -0.15) is 15.8 Å². The molecule has 0 atom stereocenters. The molecule has 7 heterocycles. The lowest BCUT2D eigenvalue weighted by Crippen LogP contribution is -2.02. The average Bonchev–Trinajstić information content (AvgIpc) is 1.55. The number of aromatic nitrogens is 3. The van der Waals surface area contributed by atoms with Gasteiger partial charge in [0.15, 0.2) is 28.6 Å². The first kappa shape index (κ1) is 78.5. The maximum absolute atomic E-state index is 14.3. The summed E-state index contributed by atoms with van der Waals surface area (Å²) in [5, 5.41) is 40.4. The van der Waals surface area contributed by atoms with Crippen molar-refractivity contribution >= 4 is 159 Å². The zero-order chi connectivity index (χ0) is 87.7. The molecule has 0 aliphatic heterocycles. The summed E-state index contributed by atoms with van der Waals surface area (Å²) in [5.41, 5.74) is 17.7. The third-order valence-electron chi connectivity index (χ3n) is 23.6. The number of nitriles is 3. The molecular formula is C112H62F6N6O5. The fraction of sp³-hybridized carbons (Fsp3) is 0. The number of benzene rings is 18. The molecule has 0 spiro atoms. The topological polar surface area (TPSA) is 167 Å². The zero-order valence-electron chi connectivity index (χ0n) is 67.8. The Kier molecular flexibility index (Phi) is 19.8. The van der Waals surface area contributed by atoms with Gasteiger partial charge in [-0.1, -0.05) is 303 Å². The molecule has 0 fully saturated rings. The number of hydrogen-bond acceptors (Lipinski definition) is 8. The van der Waals surface area contributed by atoms with E-state index < -0.39 is 34.9 Å². The quantitative estimate of drug-likeness (QED) is 0.122. The van der Waals surface area contributed by atoms with Crippen LogP contribution < -0.4 is 0 Å². The van der Waals surface area contributed by atoms with Crippen molar-refractivity contribution in [2.75, 3.05) is 0 Å². The highest BCUT2D eigenvalue weighted by Gasteiger charge is 2.29. The highest BCUT2D eigenvalue weighted by atomic mass is 19.2. The molecule has 25 aromatic rings. The average molecular weight is 1690 g/mol.